The van der Waals surface area contributed by atoms with Crippen LogP contribution in [0.15, 0.2) is 36.8 Å². The Kier molecular flexibility index (Phi) is 5.85. The van der Waals surface area contributed by atoms with E-state index in [1.54, 1.807) is 17.1 Å². The third-order valence-electron chi connectivity index (χ3n) is 5.66. The van der Waals surface area contributed by atoms with Crippen molar-refractivity contribution in [1.82, 2.24) is 19.7 Å². The van der Waals surface area contributed by atoms with E-state index in [0.29, 0.717) is 11.5 Å². The largest absolute Gasteiger partial charge is 0.379 e. The second-order valence-electron chi connectivity index (χ2n) is 8.04. The molecule has 4 rings (SSSR count). The van der Waals surface area contributed by atoms with Gasteiger partial charge in [-0.15, -0.1) is 0 Å². The molecular formula is C22H28N8O. The molecule has 0 radical (unpaired) electrons. The topological polar surface area (TPSA) is 137 Å². The van der Waals surface area contributed by atoms with E-state index in [-0.39, 0.29) is 17.8 Å². The van der Waals surface area contributed by atoms with Crippen LogP contribution in [0, 0.1) is 6.92 Å². The molecule has 1 aliphatic rings. The van der Waals surface area contributed by atoms with Crippen LogP contribution in [0.25, 0.3) is 11.1 Å². The van der Waals surface area contributed by atoms with Crippen LogP contribution in [0.2, 0.25) is 0 Å². The maximum absolute atomic E-state index is 11.9. The summed E-state index contributed by atoms with van der Waals surface area (Å²) in [5, 5.41) is 10.9. The van der Waals surface area contributed by atoms with Crippen LogP contribution in [0.3, 0.4) is 0 Å². The van der Waals surface area contributed by atoms with Crippen LogP contribution in [0.4, 0.5) is 17.2 Å². The minimum Gasteiger partial charge on any atom is -0.379 e. The molecule has 1 amide bonds. The van der Waals surface area contributed by atoms with E-state index in [4.69, 9.17) is 11.5 Å². The smallest absolute Gasteiger partial charge is 0.269 e. The molecule has 0 aromatic carbocycles. The van der Waals surface area contributed by atoms with Crippen molar-refractivity contribution in [3.05, 3.63) is 48.2 Å². The monoisotopic (exact) mass is 420 g/mol. The number of pyridine rings is 2. The number of aryl methyl sites for hydroxylation is 2. The Labute approximate surface area is 181 Å². The molecule has 0 bridgehead atoms. The Balaban J connectivity index is 1.59. The lowest BCUT2D eigenvalue weighted by atomic mass is 9.91. The molecule has 0 spiro atoms. The summed E-state index contributed by atoms with van der Waals surface area (Å²) in [5.74, 6) is -0.00641. The first-order valence-corrected chi connectivity index (χ1v) is 10.5. The summed E-state index contributed by atoms with van der Waals surface area (Å²) in [7, 11) is 1.88. The van der Waals surface area contributed by atoms with Gasteiger partial charge in [-0.1, -0.05) is 12.8 Å². The van der Waals surface area contributed by atoms with Crippen molar-refractivity contribution in [3.8, 4) is 11.1 Å². The SMILES string of the molecule is Cc1nc(Nc2cc(N[C@@H]3CCCC[C@@H]3N)cnc2C(N)=O)ccc1-c1cnn(C)c1. The molecule has 1 saturated carbocycles. The number of hydrogen-bond acceptors (Lipinski definition) is 7. The van der Waals surface area contributed by atoms with Gasteiger partial charge in [0.05, 0.1) is 23.8 Å². The fourth-order valence-electron chi connectivity index (χ4n) is 4.02. The van der Waals surface area contributed by atoms with Gasteiger partial charge < -0.3 is 22.1 Å². The first-order valence-electron chi connectivity index (χ1n) is 10.5. The van der Waals surface area contributed by atoms with E-state index in [0.717, 1.165) is 48.2 Å². The highest BCUT2D eigenvalue weighted by atomic mass is 16.1. The van der Waals surface area contributed by atoms with Crippen molar-refractivity contribution in [3.63, 3.8) is 0 Å². The molecule has 162 valence electrons. The second kappa shape index (κ2) is 8.73. The highest BCUT2D eigenvalue weighted by Gasteiger charge is 2.22. The molecule has 0 unspecified atom stereocenters. The Morgan fingerprint density at radius 1 is 1.23 bits per heavy atom. The number of nitrogens with one attached hydrogen (secondary N) is 2. The highest BCUT2D eigenvalue weighted by Crippen LogP contribution is 2.27. The van der Waals surface area contributed by atoms with Gasteiger partial charge >= 0.3 is 0 Å². The van der Waals surface area contributed by atoms with Crippen LogP contribution in [0.5, 0.6) is 0 Å². The standard InChI is InChI=1S/C22H28N8O/c1-13-16(14-10-26-30(2)12-14)7-8-20(27-13)29-19-9-15(11-25-21(19)22(24)31)28-18-6-4-3-5-17(18)23/h7-12,17-18,28H,3-6,23H2,1-2H3,(H2,24,31)(H,27,29)/t17-,18+/m0/s1. The van der Waals surface area contributed by atoms with Crippen LogP contribution in [-0.2, 0) is 7.05 Å². The van der Waals surface area contributed by atoms with Crippen molar-refractivity contribution in [2.24, 2.45) is 18.5 Å². The third kappa shape index (κ3) is 4.66. The number of carbonyl (C=O) groups is 1. The number of hydrogen-bond donors (Lipinski definition) is 4. The Morgan fingerprint density at radius 3 is 2.71 bits per heavy atom. The molecule has 9 nitrogen and oxygen atoms in total. The van der Waals surface area contributed by atoms with Gasteiger partial charge in [0.1, 0.15) is 5.82 Å². The number of anilines is 3. The average molecular weight is 421 g/mol. The van der Waals surface area contributed by atoms with Crippen molar-refractivity contribution in [2.45, 2.75) is 44.7 Å². The van der Waals surface area contributed by atoms with Crippen molar-refractivity contribution >= 4 is 23.1 Å². The molecule has 1 aliphatic carbocycles. The molecule has 9 heteroatoms. The number of primary amides is 1. The summed E-state index contributed by atoms with van der Waals surface area (Å²) >= 11 is 0. The molecule has 6 N–H and O–H groups in total. The zero-order valence-corrected chi connectivity index (χ0v) is 17.8. The number of nitrogens with two attached hydrogens (primary N) is 2. The van der Waals surface area contributed by atoms with Crippen molar-refractivity contribution in [1.29, 1.82) is 0 Å². The normalized spacial score (nSPS) is 18.5. The quantitative estimate of drug-likeness (QED) is 0.481. The summed E-state index contributed by atoms with van der Waals surface area (Å²) in [4.78, 5) is 20.8. The first kappa shape index (κ1) is 20.8. The highest BCUT2D eigenvalue weighted by molar-refractivity contribution is 5.97. The summed E-state index contributed by atoms with van der Waals surface area (Å²) in [6.45, 7) is 1.93. The average Bonchev–Trinajstić information content (AvgIpc) is 3.16. The molecule has 0 saturated heterocycles. The number of nitrogens with zero attached hydrogens (tertiary/aromatic N) is 4. The third-order valence-corrected chi connectivity index (χ3v) is 5.66. The predicted molar refractivity (Wildman–Crippen MR) is 121 cm³/mol. The fraction of sp³-hybridized carbons (Fsp3) is 0.364. The Morgan fingerprint density at radius 2 is 2.03 bits per heavy atom. The van der Waals surface area contributed by atoms with E-state index in [1.807, 2.05) is 38.4 Å². The summed E-state index contributed by atoms with van der Waals surface area (Å²) < 4.78 is 1.75. The molecule has 31 heavy (non-hydrogen) atoms. The molecular weight excluding hydrogens is 392 g/mol. The van der Waals surface area contributed by atoms with Gasteiger partial charge in [-0.2, -0.15) is 5.10 Å². The summed E-state index contributed by atoms with van der Waals surface area (Å²) in [6.07, 6.45) is 9.69. The minimum absolute atomic E-state index is 0.102. The van der Waals surface area contributed by atoms with E-state index < -0.39 is 5.91 Å². The number of carbonyl (C=O) groups excluding carboxylic acids is 1. The summed E-state index contributed by atoms with van der Waals surface area (Å²) in [6, 6.07) is 5.95. The maximum atomic E-state index is 11.9. The molecule has 0 aliphatic heterocycles. The van der Waals surface area contributed by atoms with Crippen LogP contribution in [-0.4, -0.2) is 37.7 Å². The fourth-order valence-corrected chi connectivity index (χ4v) is 4.02. The van der Waals surface area contributed by atoms with Crippen molar-refractivity contribution < 1.29 is 4.79 Å². The number of aromatic nitrogens is 4. The second-order valence-corrected chi connectivity index (χ2v) is 8.04. The molecule has 1 fully saturated rings. The zero-order valence-electron chi connectivity index (χ0n) is 17.8. The van der Waals surface area contributed by atoms with Crippen LogP contribution >= 0.6 is 0 Å². The molecule has 3 aromatic heterocycles. The van der Waals surface area contributed by atoms with Crippen LogP contribution in [0.1, 0.15) is 41.9 Å². The Hall–Kier alpha value is -3.46. The van der Waals surface area contributed by atoms with Gasteiger partial charge in [0.25, 0.3) is 5.91 Å². The zero-order chi connectivity index (χ0) is 22.0. The molecule has 3 aromatic rings. The van der Waals surface area contributed by atoms with E-state index >= 15 is 0 Å². The summed E-state index contributed by atoms with van der Waals surface area (Å²) in [5.41, 5.74) is 16.1. The minimum atomic E-state index is -0.605. The van der Waals surface area contributed by atoms with Gasteiger partial charge in [0.15, 0.2) is 5.69 Å². The van der Waals surface area contributed by atoms with Gasteiger partial charge in [0, 0.05) is 42.1 Å². The van der Waals surface area contributed by atoms with Gasteiger partial charge in [-0.3, -0.25) is 9.48 Å². The van der Waals surface area contributed by atoms with E-state index in [1.165, 1.54) is 0 Å². The lowest BCUT2D eigenvalue weighted by Gasteiger charge is -2.30. The molecule has 2 atom stereocenters. The van der Waals surface area contributed by atoms with E-state index in [2.05, 4.69) is 25.7 Å². The first-order chi connectivity index (χ1) is 14.9. The number of rotatable bonds is 6. The van der Waals surface area contributed by atoms with Crippen LogP contribution < -0.4 is 22.1 Å². The molecule has 3 heterocycles. The van der Waals surface area contributed by atoms with Gasteiger partial charge in [-0.25, -0.2) is 9.97 Å². The van der Waals surface area contributed by atoms with Gasteiger partial charge in [0.2, 0.25) is 0 Å². The maximum Gasteiger partial charge on any atom is 0.269 e. The predicted octanol–water partition coefficient (Wildman–Crippen LogP) is 2.71. The lowest BCUT2D eigenvalue weighted by molar-refractivity contribution is 0.0996. The lowest BCUT2D eigenvalue weighted by Crippen LogP contribution is -2.42. The van der Waals surface area contributed by atoms with Crippen molar-refractivity contribution in [2.75, 3.05) is 10.6 Å². The van der Waals surface area contributed by atoms with E-state index in [9.17, 15) is 4.79 Å². The number of amides is 1. The van der Waals surface area contributed by atoms with Gasteiger partial charge in [-0.05, 0) is 38.0 Å². The Bertz CT molecular complexity index is 1090.